The number of nitrogens with one attached hydrogen (secondary N) is 1. The minimum absolute atomic E-state index is 0.0177. The SMILES string of the molecule is Cc1ccc(S(=O)(=O)NC(CN)CC(C)C)cc1C(N)=O. The Kier molecular flexibility index (Phi) is 5.88. The average molecular weight is 313 g/mol. The highest BCUT2D eigenvalue weighted by atomic mass is 32.2. The fourth-order valence-corrected chi connectivity index (χ4v) is 3.37. The number of amides is 1. The number of primary amides is 1. The molecule has 0 aliphatic rings. The molecule has 0 fully saturated rings. The number of nitrogens with two attached hydrogens (primary N) is 2. The van der Waals surface area contributed by atoms with E-state index < -0.39 is 15.9 Å². The van der Waals surface area contributed by atoms with Crippen molar-refractivity contribution in [1.29, 1.82) is 0 Å². The quantitative estimate of drug-likeness (QED) is 0.688. The van der Waals surface area contributed by atoms with Gasteiger partial charge in [-0.3, -0.25) is 4.79 Å². The van der Waals surface area contributed by atoms with Gasteiger partial charge in [0, 0.05) is 18.2 Å². The molecule has 118 valence electrons. The van der Waals surface area contributed by atoms with Gasteiger partial charge in [-0.25, -0.2) is 13.1 Å². The highest BCUT2D eigenvalue weighted by Crippen LogP contribution is 2.16. The zero-order valence-corrected chi connectivity index (χ0v) is 13.4. The summed E-state index contributed by atoms with van der Waals surface area (Å²) in [6, 6.07) is 3.97. The zero-order chi connectivity index (χ0) is 16.2. The van der Waals surface area contributed by atoms with E-state index >= 15 is 0 Å². The fourth-order valence-electron chi connectivity index (χ4n) is 2.08. The Hall–Kier alpha value is -1.44. The van der Waals surface area contributed by atoms with Gasteiger partial charge in [-0.2, -0.15) is 0 Å². The fraction of sp³-hybridized carbons (Fsp3) is 0.500. The number of carbonyl (C=O) groups excluding carboxylic acids is 1. The average Bonchev–Trinajstić information content (AvgIpc) is 2.36. The first-order chi connectivity index (χ1) is 9.67. The summed E-state index contributed by atoms with van der Waals surface area (Å²) in [5, 5.41) is 0. The van der Waals surface area contributed by atoms with Crippen LogP contribution in [-0.2, 0) is 10.0 Å². The molecule has 1 aromatic carbocycles. The van der Waals surface area contributed by atoms with Gasteiger partial charge in [0.15, 0.2) is 0 Å². The van der Waals surface area contributed by atoms with Crippen molar-refractivity contribution in [2.24, 2.45) is 17.4 Å². The zero-order valence-electron chi connectivity index (χ0n) is 12.6. The van der Waals surface area contributed by atoms with Gasteiger partial charge in [0.25, 0.3) is 0 Å². The molecule has 7 heteroatoms. The number of sulfonamides is 1. The normalized spacial score (nSPS) is 13.4. The molecule has 1 aromatic rings. The second-order valence-corrected chi connectivity index (χ2v) is 7.24. The van der Waals surface area contributed by atoms with Crippen LogP contribution in [0.4, 0.5) is 0 Å². The van der Waals surface area contributed by atoms with Crippen LogP contribution in [0.5, 0.6) is 0 Å². The highest BCUT2D eigenvalue weighted by molar-refractivity contribution is 7.89. The van der Waals surface area contributed by atoms with Crippen LogP contribution in [0.25, 0.3) is 0 Å². The van der Waals surface area contributed by atoms with E-state index in [1.807, 2.05) is 13.8 Å². The Balaban J connectivity index is 3.07. The maximum absolute atomic E-state index is 12.4. The lowest BCUT2D eigenvalue weighted by Crippen LogP contribution is -2.41. The predicted octanol–water partition coefficient (Wildman–Crippen LogP) is 0.746. The van der Waals surface area contributed by atoms with Crippen molar-refractivity contribution < 1.29 is 13.2 Å². The summed E-state index contributed by atoms with van der Waals surface area (Å²) in [6.07, 6.45) is 0.643. The summed E-state index contributed by atoms with van der Waals surface area (Å²) in [6.45, 7) is 5.90. The van der Waals surface area contributed by atoms with Crippen LogP contribution in [0.2, 0.25) is 0 Å². The van der Waals surface area contributed by atoms with Gasteiger partial charge in [0.2, 0.25) is 15.9 Å². The van der Waals surface area contributed by atoms with Gasteiger partial charge < -0.3 is 11.5 Å². The van der Waals surface area contributed by atoms with Crippen molar-refractivity contribution >= 4 is 15.9 Å². The third-order valence-electron chi connectivity index (χ3n) is 3.15. The smallest absolute Gasteiger partial charge is 0.249 e. The van der Waals surface area contributed by atoms with Crippen molar-refractivity contribution in [2.75, 3.05) is 6.54 Å². The predicted molar refractivity (Wildman–Crippen MR) is 82.3 cm³/mol. The number of hydrogen-bond donors (Lipinski definition) is 3. The summed E-state index contributed by atoms with van der Waals surface area (Å²) in [7, 11) is -3.73. The van der Waals surface area contributed by atoms with Crippen LogP contribution >= 0.6 is 0 Å². The standard InChI is InChI=1S/C14H23N3O3S/c1-9(2)6-11(8-15)17-21(19,20)12-5-4-10(3)13(7-12)14(16)18/h4-5,7,9,11,17H,6,8,15H2,1-3H3,(H2,16,18). The van der Waals surface area contributed by atoms with Crippen LogP contribution in [0.3, 0.4) is 0 Å². The molecule has 21 heavy (non-hydrogen) atoms. The van der Waals surface area contributed by atoms with E-state index in [1.165, 1.54) is 12.1 Å². The van der Waals surface area contributed by atoms with E-state index in [4.69, 9.17) is 11.5 Å². The summed E-state index contributed by atoms with van der Waals surface area (Å²) < 4.78 is 27.3. The lowest BCUT2D eigenvalue weighted by molar-refractivity contribution is 0.0999. The molecule has 0 heterocycles. The molecule has 5 N–H and O–H groups in total. The lowest BCUT2D eigenvalue weighted by atomic mass is 10.1. The summed E-state index contributed by atoms with van der Waals surface area (Å²) in [4.78, 5) is 11.3. The van der Waals surface area contributed by atoms with Gasteiger partial charge in [-0.1, -0.05) is 19.9 Å². The molecule has 0 radical (unpaired) electrons. The molecule has 0 aromatic heterocycles. The van der Waals surface area contributed by atoms with Crippen LogP contribution in [-0.4, -0.2) is 26.9 Å². The Morgan fingerprint density at radius 1 is 1.33 bits per heavy atom. The topological polar surface area (TPSA) is 115 Å². The van der Waals surface area contributed by atoms with Crippen LogP contribution < -0.4 is 16.2 Å². The Bertz CT molecular complexity index is 612. The second kappa shape index (κ2) is 7.02. The number of benzene rings is 1. The molecule has 1 unspecified atom stereocenters. The Labute approximate surface area is 126 Å². The Morgan fingerprint density at radius 2 is 1.95 bits per heavy atom. The molecule has 1 amide bonds. The summed E-state index contributed by atoms with van der Waals surface area (Å²) in [5.41, 5.74) is 11.7. The van der Waals surface area contributed by atoms with Gasteiger partial charge in [-0.05, 0) is 37.0 Å². The van der Waals surface area contributed by atoms with Crippen molar-refractivity contribution in [2.45, 2.75) is 38.1 Å². The van der Waals surface area contributed by atoms with Crippen molar-refractivity contribution in [1.82, 2.24) is 4.72 Å². The molecule has 0 bridgehead atoms. The maximum atomic E-state index is 12.4. The third kappa shape index (κ3) is 4.80. The molecule has 6 nitrogen and oxygen atoms in total. The first-order valence-corrected chi connectivity index (χ1v) is 8.28. The van der Waals surface area contributed by atoms with Gasteiger partial charge in [-0.15, -0.1) is 0 Å². The minimum Gasteiger partial charge on any atom is -0.366 e. The van der Waals surface area contributed by atoms with Crippen LogP contribution in [0.15, 0.2) is 23.1 Å². The first-order valence-electron chi connectivity index (χ1n) is 6.80. The lowest BCUT2D eigenvalue weighted by Gasteiger charge is -2.19. The van der Waals surface area contributed by atoms with Crippen LogP contribution in [0.1, 0.15) is 36.2 Å². The molecule has 0 aliphatic carbocycles. The van der Waals surface area contributed by atoms with Gasteiger partial charge in [0.05, 0.1) is 4.90 Å². The monoisotopic (exact) mass is 313 g/mol. The molecule has 0 aliphatic heterocycles. The summed E-state index contributed by atoms with van der Waals surface area (Å²) in [5.74, 6) is -0.331. The number of hydrogen-bond acceptors (Lipinski definition) is 4. The largest absolute Gasteiger partial charge is 0.366 e. The minimum atomic E-state index is -3.73. The van der Waals surface area contributed by atoms with Gasteiger partial charge >= 0.3 is 0 Å². The van der Waals surface area contributed by atoms with Crippen molar-refractivity contribution in [3.8, 4) is 0 Å². The first kappa shape index (κ1) is 17.6. The second-order valence-electron chi connectivity index (χ2n) is 5.52. The van der Waals surface area contributed by atoms with Crippen LogP contribution in [0, 0.1) is 12.8 Å². The Morgan fingerprint density at radius 3 is 2.43 bits per heavy atom. The van der Waals surface area contributed by atoms with E-state index in [0.717, 1.165) is 0 Å². The number of aryl methyl sites for hydroxylation is 1. The molecule has 1 atom stereocenters. The van der Waals surface area contributed by atoms with E-state index in [-0.39, 0.29) is 23.0 Å². The van der Waals surface area contributed by atoms with E-state index in [1.54, 1.807) is 13.0 Å². The molecule has 0 spiro atoms. The molecule has 1 rings (SSSR count). The van der Waals surface area contributed by atoms with Crippen molar-refractivity contribution in [3.63, 3.8) is 0 Å². The summed E-state index contributed by atoms with van der Waals surface area (Å²) >= 11 is 0. The van der Waals surface area contributed by atoms with E-state index in [2.05, 4.69) is 4.72 Å². The number of rotatable bonds is 7. The molecule has 0 saturated heterocycles. The highest BCUT2D eigenvalue weighted by Gasteiger charge is 2.21. The maximum Gasteiger partial charge on any atom is 0.249 e. The van der Waals surface area contributed by atoms with Crippen molar-refractivity contribution in [3.05, 3.63) is 29.3 Å². The third-order valence-corrected chi connectivity index (χ3v) is 4.67. The molecular weight excluding hydrogens is 290 g/mol. The van der Waals surface area contributed by atoms with E-state index in [9.17, 15) is 13.2 Å². The van der Waals surface area contributed by atoms with Gasteiger partial charge in [0.1, 0.15) is 0 Å². The molecule has 0 saturated carbocycles. The van der Waals surface area contributed by atoms with E-state index in [0.29, 0.717) is 17.9 Å². The number of carbonyl (C=O) groups is 1. The molecular formula is C14H23N3O3S.